The first-order valence-electron chi connectivity index (χ1n) is 3.78. The molecule has 0 aromatic carbocycles. The van der Waals surface area contributed by atoms with Crippen molar-refractivity contribution in [3.63, 3.8) is 0 Å². The molecule has 70 valence electrons. The van der Waals surface area contributed by atoms with Crippen LogP contribution in [0.5, 0.6) is 0 Å². The minimum Gasteiger partial charge on any atom is -0.462 e. The molecule has 4 nitrogen and oxygen atoms in total. The molecule has 0 bridgehead atoms. The van der Waals surface area contributed by atoms with E-state index in [1.54, 1.807) is 18.4 Å². The molecular weight excluding hydrogens is 188 g/mol. The van der Waals surface area contributed by atoms with Crippen LogP contribution in [0.1, 0.15) is 17.3 Å². The highest BCUT2D eigenvalue weighted by atomic mass is 32.1. The molecule has 1 aromatic heterocycles. The number of nitrogens with two attached hydrogens (primary N) is 1. The van der Waals surface area contributed by atoms with Gasteiger partial charge in [-0.05, 0) is 18.4 Å². The highest BCUT2D eigenvalue weighted by Gasteiger charge is 2.12. The van der Waals surface area contributed by atoms with Gasteiger partial charge in [0.05, 0.1) is 18.5 Å². The van der Waals surface area contributed by atoms with Gasteiger partial charge >= 0.3 is 5.97 Å². The Morgan fingerprint density at radius 1 is 1.85 bits per heavy atom. The van der Waals surface area contributed by atoms with E-state index in [4.69, 9.17) is 10.5 Å². The van der Waals surface area contributed by atoms with E-state index in [1.165, 1.54) is 11.3 Å². The number of nitrogens with zero attached hydrogens (tertiary/aromatic N) is 1. The molecule has 1 aromatic rings. The minimum absolute atomic E-state index is 0.357. The van der Waals surface area contributed by atoms with Gasteiger partial charge in [-0.15, -0.1) is 11.3 Å². The number of carbonyl (C=O) groups is 1. The van der Waals surface area contributed by atoms with E-state index in [0.29, 0.717) is 17.2 Å². The Bertz CT molecular complexity index is 320. The van der Waals surface area contributed by atoms with Crippen molar-refractivity contribution in [1.82, 2.24) is 0 Å². The molecule has 0 saturated heterocycles. The molecule has 0 aliphatic heterocycles. The summed E-state index contributed by atoms with van der Waals surface area (Å²) in [5, 5.41) is 2.36. The van der Waals surface area contributed by atoms with Crippen molar-refractivity contribution in [3.8, 4) is 0 Å². The molecule has 1 rings (SSSR count). The lowest BCUT2D eigenvalue weighted by Crippen LogP contribution is -2.03. The lowest BCUT2D eigenvalue weighted by Gasteiger charge is -1.98. The second-order valence-electron chi connectivity index (χ2n) is 2.14. The first-order valence-corrected chi connectivity index (χ1v) is 4.66. The molecule has 0 saturated carbocycles. The summed E-state index contributed by atoms with van der Waals surface area (Å²) >= 11 is 1.35. The number of rotatable bonds is 3. The Hall–Kier alpha value is -1.36. The zero-order valence-electron chi connectivity index (χ0n) is 7.19. The summed E-state index contributed by atoms with van der Waals surface area (Å²) in [6.45, 7) is 2.12. The summed E-state index contributed by atoms with van der Waals surface area (Å²) in [4.78, 5) is 15.1. The molecule has 0 fully saturated rings. The fourth-order valence-corrected chi connectivity index (χ4v) is 1.57. The SMILES string of the molecule is CCOC(=O)c1ccsc1/N=C\N. The fourth-order valence-electron chi connectivity index (χ4n) is 0.833. The average Bonchev–Trinajstić information content (AvgIpc) is 2.54. The number of thiophene rings is 1. The van der Waals surface area contributed by atoms with Crippen molar-refractivity contribution < 1.29 is 9.53 Å². The number of ether oxygens (including phenoxy) is 1. The van der Waals surface area contributed by atoms with Crippen molar-refractivity contribution in [2.45, 2.75) is 6.92 Å². The van der Waals surface area contributed by atoms with Crippen LogP contribution in [0.4, 0.5) is 5.00 Å². The number of carbonyl (C=O) groups excluding carboxylic acids is 1. The first-order chi connectivity index (χ1) is 6.29. The smallest absolute Gasteiger partial charge is 0.341 e. The van der Waals surface area contributed by atoms with Crippen LogP contribution in [0.2, 0.25) is 0 Å². The van der Waals surface area contributed by atoms with E-state index >= 15 is 0 Å². The van der Waals surface area contributed by atoms with Crippen LogP contribution in [0.25, 0.3) is 0 Å². The minimum atomic E-state index is -0.357. The molecule has 0 amide bonds. The molecule has 0 unspecified atom stereocenters. The number of hydrogen-bond acceptors (Lipinski definition) is 4. The Morgan fingerprint density at radius 3 is 3.23 bits per heavy atom. The first kappa shape index (κ1) is 9.73. The van der Waals surface area contributed by atoms with Gasteiger partial charge in [0.15, 0.2) is 0 Å². The zero-order valence-corrected chi connectivity index (χ0v) is 8.00. The van der Waals surface area contributed by atoms with Crippen molar-refractivity contribution in [2.75, 3.05) is 6.61 Å². The Morgan fingerprint density at radius 2 is 2.62 bits per heavy atom. The normalized spacial score (nSPS) is 10.5. The monoisotopic (exact) mass is 198 g/mol. The van der Waals surface area contributed by atoms with Crippen molar-refractivity contribution in [3.05, 3.63) is 17.0 Å². The van der Waals surface area contributed by atoms with Gasteiger partial charge in [-0.3, -0.25) is 0 Å². The molecule has 0 spiro atoms. The number of aliphatic imine (C=N–C) groups is 1. The summed E-state index contributed by atoms with van der Waals surface area (Å²) < 4.78 is 4.83. The predicted molar refractivity (Wildman–Crippen MR) is 52.6 cm³/mol. The van der Waals surface area contributed by atoms with E-state index < -0.39 is 0 Å². The van der Waals surface area contributed by atoms with Gasteiger partial charge in [0.2, 0.25) is 0 Å². The maximum absolute atomic E-state index is 11.3. The lowest BCUT2D eigenvalue weighted by atomic mass is 10.3. The largest absolute Gasteiger partial charge is 0.462 e. The Balaban J connectivity index is 2.87. The molecule has 2 N–H and O–H groups in total. The average molecular weight is 198 g/mol. The summed E-state index contributed by atoms with van der Waals surface area (Å²) in [7, 11) is 0. The van der Waals surface area contributed by atoms with E-state index in [-0.39, 0.29) is 5.97 Å². The van der Waals surface area contributed by atoms with Crippen LogP contribution in [0.3, 0.4) is 0 Å². The maximum Gasteiger partial charge on any atom is 0.341 e. The number of esters is 1. The number of hydrogen-bond donors (Lipinski definition) is 1. The van der Waals surface area contributed by atoms with Gasteiger partial charge in [-0.25, -0.2) is 9.79 Å². The zero-order chi connectivity index (χ0) is 9.68. The summed E-state index contributed by atoms with van der Waals surface area (Å²) in [5.41, 5.74) is 5.59. The van der Waals surface area contributed by atoms with E-state index in [2.05, 4.69) is 4.99 Å². The van der Waals surface area contributed by atoms with Gasteiger partial charge in [0.1, 0.15) is 5.00 Å². The molecule has 0 atom stereocenters. The molecule has 13 heavy (non-hydrogen) atoms. The predicted octanol–water partition coefficient (Wildman–Crippen LogP) is 1.54. The maximum atomic E-state index is 11.3. The highest BCUT2D eigenvalue weighted by Crippen LogP contribution is 2.26. The van der Waals surface area contributed by atoms with Gasteiger partial charge in [-0.2, -0.15) is 0 Å². The van der Waals surface area contributed by atoms with Crippen LogP contribution < -0.4 is 5.73 Å². The summed E-state index contributed by atoms with van der Waals surface area (Å²) in [6.07, 6.45) is 1.16. The van der Waals surface area contributed by atoms with Crippen LogP contribution in [0, 0.1) is 0 Å². The highest BCUT2D eigenvalue weighted by molar-refractivity contribution is 7.14. The summed E-state index contributed by atoms with van der Waals surface area (Å²) in [6, 6.07) is 1.67. The molecule has 5 heteroatoms. The molecule has 1 heterocycles. The van der Waals surface area contributed by atoms with Crippen molar-refractivity contribution in [1.29, 1.82) is 0 Å². The Labute approximate surface area is 80.0 Å². The lowest BCUT2D eigenvalue weighted by molar-refractivity contribution is 0.0528. The van der Waals surface area contributed by atoms with Crippen molar-refractivity contribution >= 4 is 28.6 Å². The van der Waals surface area contributed by atoms with Gasteiger partial charge in [0, 0.05) is 0 Å². The van der Waals surface area contributed by atoms with Gasteiger partial charge in [-0.1, -0.05) is 0 Å². The van der Waals surface area contributed by atoms with Gasteiger partial charge in [0.25, 0.3) is 0 Å². The third-order valence-electron chi connectivity index (χ3n) is 1.33. The second-order valence-corrected chi connectivity index (χ2v) is 3.03. The van der Waals surface area contributed by atoms with Crippen molar-refractivity contribution in [2.24, 2.45) is 10.7 Å². The molecule has 0 radical (unpaired) electrons. The Kier molecular flexibility index (Phi) is 3.45. The third kappa shape index (κ3) is 2.29. The van der Waals surface area contributed by atoms with Crippen LogP contribution >= 0.6 is 11.3 Å². The summed E-state index contributed by atoms with van der Waals surface area (Å²) in [5.74, 6) is -0.357. The van der Waals surface area contributed by atoms with Crippen LogP contribution in [-0.2, 0) is 4.74 Å². The molecule has 0 aliphatic carbocycles. The van der Waals surface area contributed by atoms with E-state index in [0.717, 1.165) is 6.34 Å². The quantitative estimate of drug-likeness (QED) is 0.455. The van der Waals surface area contributed by atoms with Gasteiger partial charge < -0.3 is 10.5 Å². The standard InChI is InChI=1S/C8H10N2O2S/c1-2-12-8(11)6-3-4-13-7(6)10-5-9/h3-5H,2H2,1H3,(H2,9,10). The molecular formula is C8H10N2O2S. The third-order valence-corrected chi connectivity index (χ3v) is 2.15. The topological polar surface area (TPSA) is 64.7 Å². The van der Waals surface area contributed by atoms with Crippen LogP contribution in [0.15, 0.2) is 16.4 Å². The van der Waals surface area contributed by atoms with E-state index in [1.807, 2.05) is 0 Å². The second kappa shape index (κ2) is 4.61. The van der Waals surface area contributed by atoms with E-state index in [9.17, 15) is 4.79 Å². The van der Waals surface area contributed by atoms with Crippen LogP contribution in [-0.4, -0.2) is 18.9 Å². The molecule has 0 aliphatic rings. The fraction of sp³-hybridized carbons (Fsp3) is 0.250.